The summed E-state index contributed by atoms with van der Waals surface area (Å²) in [6, 6.07) is 1.43. The predicted molar refractivity (Wildman–Crippen MR) is 135 cm³/mol. The molecule has 0 aromatic rings. The standard InChI is InChI=1S/C23H49N2O4PS/c1-13-27-21(28-14-15-31-22(26)23(10,11)12)16-29-30(24(17(2)3)18(4)5)25(19(6)7)20(8)9/h17-21H,13-16H2,1-12H3. The van der Waals surface area contributed by atoms with Crippen LogP contribution in [-0.2, 0) is 18.8 Å². The third-order valence-electron chi connectivity index (χ3n) is 4.42. The Balaban J connectivity index is 5.19. The Kier molecular flexibility index (Phi) is 15.3. The molecule has 0 saturated carbocycles. The number of thioether (sulfide) groups is 1. The van der Waals surface area contributed by atoms with Crippen molar-refractivity contribution in [2.45, 2.75) is 114 Å². The minimum absolute atomic E-state index is 0.179. The van der Waals surface area contributed by atoms with Crippen LogP contribution in [0, 0.1) is 5.41 Å². The van der Waals surface area contributed by atoms with Gasteiger partial charge in [0.05, 0.1) is 6.61 Å². The van der Waals surface area contributed by atoms with Gasteiger partial charge in [-0.25, -0.2) is 9.34 Å². The van der Waals surface area contributed by atoms with Gasteiger partial charge in [-0.15, -0.1) is 0 Å². The molecule has 0 aliphatic rings. The number of nitrogens with zero attached hydrogens (tertiary/aromatic N) is 2. The average molecular weight is 481 g/mol. The van der Waals surface area contributed by atoms with Gasteiger partial charge in [-0.05, 0) is 62.3 Å². The van der Waals surface area contributed by atoms with Crippen LogP contribution in [0.4, 0.5) is 0 Å². The van der Waals surface area contributed by atoms with Crippen molar-refractivity contribution in [1.82, 2.24) is 9.34 Å². The molecule has 0 amide bonds. The fourth-order valence-corrected chi connectivity index (χ4v) is 6.36. The van der Waals surface area contributed by atoms with E-state index in [0.29, 0.717) is 49.7 Å². The minimum atomic E-state index is -0.986. The summed E-state index contributed by atoms with van der Waals surface area (Å²) in [5, 5.41) is 0.179. The van der Waals surface area contributed by atoms with Gasteiger partial charge in [0.25, 0.3) is 0 Å². The van der Waals surface area contributed by atoms with Gasteiger partial charge in [0.15, 0.2) is 19.9 Å². The van der Waals surface area contributed by atoms with Gasteiger partial charge in [-0.3, -0.25) is 4.79 Å². The van der Waals surface area contributed by atoms with E-state index in [2.05, 4.69) is 64.7 Å². The Hall–Kier alpha value is 0.250. The quantitative estimate of drug-likeness (QED) is 0.158. The monoisotopic (exact) mass is 480 g/mol. The van der Waals surface area contributed by atoms with Crippen molar-refractivity contribution in [1.29, 1.82) is 0 Å². The van der Waals surface area contributed by atoms with E-state index in [-0.39, 0.29) is 10.5 Å². The van der Waals surface area contributed by atoms with Crippen LogP contribution in [0.15, 0.2) is 0 Å². The fraction of sp³-hybridized carbons (Fsp3) is 0.957. The van der Waals surface area contributed by atoms with Crippen molar-refractivity contribution in [3.8, 4) is 0 Å². The third kappa shape index (κ3) is 11.8. The molecule has 0 spiro atoms. The molecule has 0 fully saturated rings. The number of carbonyl (C=O) groups is 1. The molecule has 8 heteroatoms. The Morgan fingerprint density at radius 1 is 0.871 bits per heavy atom. The zero-order valence-electron chi connectivity index (χ0n) is 22.1. The summed E-state index contributed by atoms with van der Waals surface area (Å²) >= 11 is 1.32. The summed E-state index contributed by atoms with van der Waals surface area (Å²) in [5.41, 5.74) is -0.336. The number of ether oxygens (including phenoxy) is 2. The molecule has 0 aromatic carbocycles. The van der Waals surface area contributed by atoms with E-state index in [1.165, 1.54) is 11.8 Å². The molecular weight excluding hydrogens is 431 g/mol. The highest BCUT2D eigenvalue weighted by atomic mass is 32.2. The summed E-state index contributed by atoms with van der Waals surface area (Å²) < 4.78 is 23.2. The minimum Gasteiger partial charge on any atom is -0.351 e. The lowest BCUT2D eigenvalue weighted by atomic mass is 10.00. The average Bonchev–Trinajstić information content (AvgIpc) is 2.60. The van der Waals surface area contributed by atoms with Crippen LogP contribution in [0.5, 0.6) is 0 Å². The highest BCUT2D eigenvalue weighted by molar-refractivity contribution is 8.13. The lowest BCUT2D eigenvalue weighted by Crippen LogP contribution is -2.44. The van der Waals surface area contributed by atoms with Crippen molar-refractivity contribution < 1.29 is 18.8 Å². The highest BCUT2D eigenvalue weighted by Gasteiger charge is 2.35. The van der Waals surface area contributed by atoms with Crippen LogP contribution in [0.3, 0.4) is 0 Å². The maximum atomic E-state index is 12.1. The molecule has 1 unspecified atom stereocenters. The summed E-state index contributed by atoms with van der Waals surface area (Å²) in [5.74, 6) is 0.614. The summed E-state index contributed by atoms with van der Waals surface area (Å²) in [6.07, 6.45) is -0.442. The van der Waals surface area contributed by atoms with Crippen LogP contribution in [0.1, 0.15) is 83.1 Å². The van der Waals surface area contributed by atoms with Crippen molar-refractivity contribution in [3.63, 3.8) is 0 Å². The molecule has 0 aromatic heterocycles. The van der Waals surface area contributed by atoms with Gasteiger partial charge in [0.1, 0.15) is 6.61 Å². The molecular formula is C23H49N2O4PS. The molecule has 0 bridgehead atoms. The van der Waals surface area contributed by atoms with Crippen LogP contribution in [-0.4, -0.2) is 70.5 Å². The maximum Gasteiger partial charge on any atom is 0.194 e. The van der Waals surface area contributed by atoms with Crippen molar-refractivity contribution >= 4 is 25.3 Å². The second-order valence-electron chi connectivity index (χ2n) is 9.83. The lowest BCUT2D eigenvalue weighted by Gasteiger charge is -2.45. The summed E-state index contributed by atoms with van der Waals surface area (Å²) in [7, 11) is -0.986. The number of hydrogen-bond acceptors (Lipinski definition) is 7. The molecule has 0 rings (SSSR count). The second kappa shape index (κ2) is 15.2. The second-order valence-corrected chi connectivity index (χ2v) is 12.6. The topological polar surface area (TPSA) is 51.2 Å². The lowest BCUT2D eigenvalue weighted by molar-refractivity contribution is -0.152. The largest absolute Gasteiger partial charge is 0.351 e. The zero-order chi connectivity index (χ0) is 24.4. The Labute approximate surface area is 198 Å². The number of rotatable bonds is 15. The van der Waals surface area contributed by atoms with E-state index in [4.69, 9.17) is 14.0 Å². The molecule has 31 heavy (non-hydrogen) atoms. The smallest absolute Gasteiger partial charge is 0.194 e. The van der Waals surface area contributed by atoms with Crippen LogP contribution < -0.4 is 0 Å². The van der Waals surface area contributed by atoms with E-state index in [0.717, 1.165) is 0 Å². The fourth-order valence-electron chi connectivity index (χ4n) is 3.22. The van der Waals surface area contributed by atoms with E-state index in [1.54, 1.807) is 0 Å². The SMILES string of the molecule is CCOC(COP(N(C(C)C)C(C)C)N(C(C)C)C(C)C)OCCSC(=O)C(C)(C)C. The molecule has 0 aliphatic carbocycles. The van der Waals surface area contributed by atoms with Crippen LogP contribution in [0.2, 0.25) is 0 Å². The number of hydrogen-bond donors (Lipinski definition) is 0. The Morgan fingerprint density at radius 3 is 1.68 bits per heavy atom. The van der Waals surface area contributed by atoms with Crippen molar-refractivity contribution in [2.75, 3.05) is 25.6 Å². The first-order valence-corrected chi connectivity index (χ1v) is 13.8. The van der Waals surface area contributed by atoms with Gasteiger partial charge < -0.3 is 14.0 Å². The highest BCUT2D eigenvalue weighted by Crippen LogP contribution is 2.50. The molecule has 0 heterocycles. The first kappa shape index (κ1) is 31.2. The molecule has 186 valence electrons. The summed E-state index contributed by atoms with van der Waals surface area (Å²) in [6.45, 7) is 26.9. The van der Waals surface area contributed by atoms with E-state index >= 15 is 0 Å². The molecule has 0 N–H and O–H groups in total. The third-order valence-corrected chi connectivity index (χ3v) is 8.69. The molecule has 0 saturated heterocycles. The first-order chi connectivity index (χ1) is 14.2. The van der Waals surface area contributed by atoms with Gasteiger partial charge in [0, 0.05) is 41.9 Å². The van der Waals surface area contributed by atoms with Gasteiger partial charge in [0.2, 0.25) is 0 Å². The van der Waals surface area contributed by atoms with Crippen molar-refractivity contribution in [2.24, 2.45) is 5.41 Å². The van der Waals surface area contributed by atoms with Crippen LogP contribution >= 0.6 is 20.2 Å². The summed E-state index contributed by atoms with van der Waals surface area (Å²) in [4.78, 5) is 12.1. The zero-order valence-corrected chi connectivity index (χ0v) is 23.8. The Bertz CT molecular complexity index is 462. The molecule has 0 aliphatic heterocycles. The van der Waals surface area contributed by atoms with Gasteiger partial charge in [-0.2, -0.15) is 0 Å². The van der Waals surface area contributed by atoms with E-state index in [9.17, 15) is 4.79 Å². The van der Waals surface area contributed by atoms with E-state index < -0.39 is 14.7 Å². The van der Waals surface area contributed by atoms with Crippen molar-refractivity contribution in [3.05, 3.63) is 0 Å². The number of carbonyl (C=O) groups excluding carboxylic acids is 1. The van der Waals surface area contributed by atoms with E-state index in [1.807, 2.05) is 27.7 Å². The maximum absolute atomic E-state index is 12.1. The predicted octanol–water partition coefficient (Wildman–Crippen LogP) is 6.15. The van der Waals surface area contributed by atoms with Gasteiger partial charge in [-0.1, -0.05) is 32.5 Å². The molecule has 6 nitrogen and oxygen atoms in total. The Morgan fingerprint density at radius 2 is 1.32 bits per heavy atom. The normalized spacial score (nSPS) is 14.3. The molecule has 0 radical (unpaired) electrons. The molecule has 1 atom stereocenters. The van der Waals surface area contributed by atoms with Gasteiger partial charge >= 0.3 is 0 Å². The first-order valence-electron chi connectivity index (χ1n) is 11.6. The van der Waals surface area contributed by atoms with Crippen LogP contribution in [0.25, 0.3) is 0 Å².